The van der Waals surface area contributed by atoms with Gasteiger partial charge in [0.1, 0.15) is 5.82 Å². The van der Waals surface area contributed by atoms with Crippen molar-refractivity contribution >= 4 is 33.3 Å². The molecule has 1 aromatic carbocycles. The average Bonchev–Trinajstić information content (AvgIpc) is 2.56. The molecule has 1 aliphatic heterocycles. The second-order valence-corrected chi connectivity index (χ2v) is 6.58. The molecular formula is C17H19BrN4O. The van der Waals surface area contributed by atoms with Crippen LogP contribution in [0.5, 0.6) is 0 Å². The third-order valence-corrected chi connectivity index (χ3v) is 4.41. The molecule has 1 N–H and O–H groups in total. The van der Waals surface area contributed by atoms with Crippen LogP contribution >= 0.6 is 15.9 Å². The minimum Gasteiger partial charge on any atom is -0.354 e. The van der Waals surface area contributed by atoms with Crippen molar-refractivity contribution in [3.63, 3.8) is 0 Å². The number of anilines is 2. The highest BCUT2D eigenvalue weighted by atomic mass is 79.9. The number of pyridine rings is 1. The van der Waals surface area contributed by atoms with Crippen molar-refractivity contribution in [2.75, 3.05) is 43.4 Å². The smallest absolute Gasteiger partial charge is 0.255 e. The van der Waals surface area contributed by atoms with E-state index in [2.05, 4.69) is 43.1 Å². The van der Waals surface area contributed by atoms with Crippen molar-refractivity contribution < 1.29 is 4.79 Å². The highest BCUT2D eigenvalue weighted by molar-refractivity contribution is 9.10. The number of hydrogen-bond donors (Lipinski definition) is 1. The van der Waals surface area contributed by atoms with Gasteiger partial charge >= 0.3 is 0 Å². The molecule has 6 heteroatoms. The number of carbonyl (C=O) groups excluding carboxylic acids is 1. The number of likely N-dealkylation sites (N-methyl/N-ethyl adjacent to an activating group) is 1. The first kappa shape index (κ1) is 16.0. The number of halogens is 1. The number of rotatable bonds is 3. The van der Waals surface area contributed by atoms with Crippen LogP contribution in [0.15, 0.2) is 47.1 Å². The van der Waals surface area contributed by atoms with Crippen molar-refractivity contribution in [2.24, 2.45) is 0 Å². The van der Waals surface area contributed by atoms with Gasteiger partial charge in [0.25, 0.3) is 5.91 Å². The van der Waals surface area contributed by atoms with Crippen LogP contribution in [0.3, 0.4) is 0 Å². The number of benzene rings is 1. The van der Waals surface area contributed by atoms with E-state index in [-0.39, 0.29) is 5.91 Å². The monoisotopic (exact) mass is 374 g/mol. The summed E-state index contributed by atoms with van der Waals surface area (Å²) < 4.78 is 0.883. The maximum absolute atomic E-state index is 12.2. The van der Waals surface area contributed by atoms with E-state index in [0.29, 0.717) is 11.3 Å². The number of nitrogens with zero attached hydrogens (tertiary/aromatic N) is 3. The first-order valence-electron chi connectivity index (χ1n) is 7.58. The lowest BCUT2D eigenvalue weighted by Gasteiger charge is -2.33. The lowest BCUT2D eigenvalue weighted by molar-refractivity contribution is 0.102. The van der Waals surface area contributed by atoms with E-state index in [1.165, 1.54) is 0 Å². The van der Waals surface area contributed by atoms with E-state index in [9.17, 15) is 4.79 Å². The number of amides is 1. The summed E-state index contributed by atoms with van der Waals surface area (Å²) in [5, 5.41) is 2.87. The van der Waals surface area contributed by atoms with Crippen LogP contribution in [0.4, 0.5) is 11.5 Å². The standard InChI is InChI=1S/C17H19BrN4O/c1-21-7-9-22(10-8-21)16-6-5-15(12-19-16)20-17(23)13-3-2-4-14(18)11-13/h2-6,11-12H,7-10H2,1H3,(H,20,23). The van der Waals surface area contributed by atoms with Gasteiger partial charge in [0.15, 0.2) is 0 Å². The van der Waals surface area contributed by atoms with Crippen LogP contribution in [0, 0.1) is 0 Å². The van der Waals surface area contributed by atoms with Crippen LogP contribution in [-0.4, -0.2) is 49.0 Å². The molecule has 0 aliphatic carbocycles. The molecule has 5 nitrogen and oxygen atoms in total. The van der Waals surface area contributed by atoms with Gasteiger partial charge in [-0.1, -0.05) is 22.0 Å². The molecule has 1 amide bonds. The van der Waals surface area contributed by atoms with Crippen molar-refractivity contribution in [1.82, 2.24) is 9.88 Å². The number of hydrogen-bond acceptors (Lipinski definition) is 4. The Bertz CT molecular complexity index is 681. The summed E-state index contributed by atoms with van der Waals surface area (Å²) in [6.07, 6.45) is 1.71. The molecule has 0 unspecified atom stereocenters. The summed E-state index contributed by atoms with van der Waals surface area (Å²) in [7, 11) is 2.13. The van der Waals surface area contributed by atoms with Crippen LogP contribution < -0.4 is 10.2 Å². The Morgan fingerprint density at radius 3 is 2.61 bits per heavy atom. The van der Waals surface area contributed by atoms with E-state index in [1.807, 2.05) is 24.3 Å². The topological polar surface area (TPSA) is 48.5 Å². The number of nitrogens with one attached hydrogen (secondary N) is 1. The molecular weight excluding hydrogens is 356 g/mol. The van der Waals surface area contributed by atoms with Gasteiger partial charge < -0.3 is 15.1 Å². The summed E-state index contributed by atoms with van der Waals surface area (Å²) in [5.74, 6) is 0.819. The maximum Gasteiger partial charge on any atom is 0.255 e. The summed E-state index contributed by atoms with van der Waals surface area (Å²) in [6.45, 7) is 4.05. The van der Waals surface area contributed by atoms with E-state index in [0.717, 1.165) is 36.5 Å². The largest absolute Gasteiger partial charge is 0.354 e. The van der Waals surface area contributed by atoms with Gasteiger partial charge in [0.2, 0.25) is 0 Å². The third-order valence-electron chi connectivity index (χ3n) is 3.92. The molecule has 1 saturated heterocycles. The maximum atomic E-state index is 12.2. The van der Waals surface area contributed by atoms with Crippen molar-refractivity contribution in [3.8, 4) is 0 Å². The quantitative estimate of drug-likeness (QED) is 0.897. The lowest BCUT2D eigenvalue weighted by atomic mass is 10.2. The van der Waals surface area contributed by atoms with E-state index in [4.69, 9.17) is 0 Å². The summed E-state index contributed by atoms with van der Waals surface area (Å²) in [5.41, 5.74) is 1.32. The zero-order valence-electron chi connectivity index (χ0n) is 13.0. The Kier molecular flexibility index (Phi) is 4.93. The molecule has 0 spiro atoms. The Balaban J connectivity index is 1.64. The fraction of sp³-hybridized carbons (Fsp3) is 0.294. The molecule has 0 bridgehead atoms. The van der Waals surface area contributed by atoms with Gasteiger partial charge in [0, 0.05) is 36.2 Å². The molecule has 2 aromatic rings. The van der Waals surface area contributed by atoms with Crippen molar-refractivity contribution in [1.29, 1.82) is 0 Å². The zero-order valence-corrected chi connectivity index (χ0v) is 14.6. The zero-order chi connectivity index (χ0) is 16.2. The van der Waals surface area contributed by atoms with Gasteiger partial charge in [-0.25, -0.2) is 4.98 Å². The van der Waals surface area contributed by atoms with Crippen molar-refractivity contribution in [3.05, 3.63) is 52.6 Å². The lowest BCUT2D eigenvalue weighted by Crippen LogP contribution is -2.44. The van der Waals surface area contributed by atoms with E-state index in [1.54, 1.807) is 18.3 Å². The SMILES string of the molecule is CN1CCN(c2ccc(NC(=O)c3cccc(Br)c3)cn2)CC1. The van der Waals surface area contributed by atoms with Gasteiger partial charge in [-0.3, -0.25) is 4.79 Å². The first-order valence-corrected chi connectivity index (χ1v) is 8.37. The summed E-state index contributed by atoms with van der Waals surface area (Å²) in [6, 6.07) is 11.2. The Morgan fingerprint density at radius 1 is 1.17 bits per heavy atom. The number of aromatic nitrogens is 1. The molecule has 1 aromatic heterocycles. The molecule has 3 rings (SSSR count). The van der Waals surface area contributed by atoms with E-state index >= 15 is 0 Å². The average molecular weight is 375 g/mol. The molecule has 2 heterocycles. The number of carbonyl (C=O) groups is 1. The van der Waals surface area contributed by atoms with Gasteiger partial charge in [-0.15, -0.1) is 0 Å². The van der Waals surface area contributed by atoms with Gasteiger partial charge in [0.05, 0.1) is 11.9 Å². The highest BCUT2D eigenvalue weighted by Crippen LogP contribution is 2.17. The molecule has 0 radical (unpaired) electrons. The first-order chi connectivity index (χ1) is 11.1. The Labute approximate surface area is 144 Å². The summed E-state index contributed by atoms with van der Waals surface area (Å²) >= 11 is 3.37. The predicted octanol–water partition coefficient (Wildman–Crippen LogP) is 2.85. The summed E-state index contributed by atoms with van der Waals surface area (Å²) in [4.78, 5) is 21.3. The minimum atomic E-state index is -0.138. The Hall–Kier alpha value is -1.92. The van der Waals surface area contributed by atoms with E-state index < -0.39 is 0 Å². The van der Waals surface area contributed by atoms with Crippen LogP contribution in [0.25, 0.3) is 0 Å². The predicted molar refractivity (Wildman–Crippen MR) is 96.0 cm³/mol. The molecule has 120 valence electrons. The Morgan fingerprint density at radius 2 is 1.96 bits per heavy atom. The number of piperazine rings is 1. The molecule has 1 fully saturated rings. The van der Waals surface area contributed by atoms with Crippen LogP contribution in [-0.2, 0) is 0 Å². The van der Waals surface area contributed by atoms with Gasteiger partial charge in [-0.05, 0) is 37.4 Å². The highest BCUT2D eigenvalue weighted by Gasteiger charge is 2.15. The fourth-order valence-corrected chi connectivity index (χ4v) is 2.91. The third kappa shape index (κ3) is 4.09. The van der Waals surface area contributed by atoms with Crippen LogP contribution in [0.1, 0.15) is 10.4 Å². The van der Waals surface area contributed by atoms with Crippen LogP contribution in [0.2, 0.25) is 0 Å². The molecule has 1 aliphatic rings. The second kappa shape index (κ2) is 7.10. The molecule has 0 saturated carbocycles. The second-order valence-electron chi connectivity index (χ2n) is 5.66. The minimum absolute atomic E-state index is 0.138. The molecule has 0 atom stereocenters. The normalized spacial score (nSPS) is 15.5. The molecule has 23 heavy (non-hydrogen) atoms. The van der Waals surface area contributed by atoms with Gasteiger partial charge in [-0.2, -0.15) is 0 Å². The fourth-order valence-electron chi connectivity index (χ4n) is 2.52. The van der Waals surface area contributed by atoms with Crippen molar-refractivity contribution in [2.45, 2.75) is 0 Å².